The summed E-state index contributed by atoms with van der Waals surface area (Å²) in [4.78, 5) is 18.5. The smallest absolute Gasteiger partial charge is 0.252 e. The molecule has 7 nitrogen and oxygen atoms in total. The van der Waals surface area contributed by atoms with Crippen LogP contribution in [0.1, 0.15) is 22.8 Å². The molecule has 2 aromatic heterocycles. The molecule has 3 aromatic carbocycles. The zero-order valence-electron chi connectivity index (χ0n) is 21.8. The standard InChI is InChI=1S/C31H31N3O4/c1-4-34-18-21(25-10-5-6-11-30(25)34)14-22(19-35)32-31(36)27-17-29(20-8-7-9-23(15-20)37-2)33-28-13-12-24(38-3)16-26(27)28/h5-13,15-18,22,35H,4,14,19H2,1-3H3,(H,32,36). The second-order valence-corrected chi connectivity index (χ2v) is 9.18. The summed E-state index contributed by atoms with van der Waals surface area (Å²) in [5.74, 6) is 1.05. The highest BCUT2D eigenvalue weighted by atomic mass is 16.5. The zero-order chi connectivity index (χ0) is 26.6. The Balaban J connectivity index is 1.51. The van der Waals surface area contributed by atoms with Crippen LogP contribution < -0.4 is 14.8 Å². The van der Waals surface area contributed by atoms with Gasteiger partial charge in [-0.05, 0) is 61.4 Å². The molecule has 2 N–H and O–H groups in total. The minimum atomic E-state index is -0.465. The first-order valence-corrected chi connectivity index (χ1v) is 12.7. The summed E-state index contributed by atoms with van der Waals surface area (Å²) in [5.41, 5.74) is 4.84. The van der Waals surface area contributed by atoms with Gasteiger partial charge in [-0.25, -0.2) is 4.98 Å². The van der Waals surface area contributed by atoms with Gasteiger partial charge in [-0.15, -0.1) is 0 Å². The molecular formula is C31H31N3O4. The molecule has 1 amide bonds. The lowest BCUT2D eigenvalue weighted by molar-refractivity contribution is 0.0918. The SMILES string of the molecule is CCn1cc(CC(CO)NC(=O)c2cc(-c3cccc(OC)c3)nc3ccc(OC)cc23)c2ccccc21. The summed E-state index contributed by atoms with van der Waals surface area (Å²) >= 11 is 0. The molecule has 0 aliphatic rings. The van der Waals surface area contributed by atoms with E-state index in [-0.39, 0.29) is 12.5 Å². The van der Waals surface area contributed by atoms with Crippen molar-refractivity contribution in [2.75, 3.05) is 20.8 Å². The normalized spacial score (nSPS) is 12.0. The molecule has 0 saturated heterocycles. The van der Waals surface area contributed by atoms with Gasteiger partial charge in [-0.2, -0.15) is 0 Å². The largest absolute Gasteiger partial charge is 0.497 e. The van der Waals surface area contributed by atoms with E-state index in [0.717, 1.165) is 28.6 Å². The summed E-state index contributed by atoms with van der Waals surface area (Å²) < 4.78 is 13.0. The van der Waals surface area contributed by atoms with Crippen LogP contribution in [0.3, 0.4) is 0 Å². The van der Waals surface area contributed by atoms with Gasteiger partial charge in [-0.1, -0.05) is 30.3 Å². The lowest BCUT2D eigenvalue weighted by Crippen LogP contribution is -2.39. The zero-order valence-corrected chi connectivity index (χ0v) is 21.8. The number of aryl methyl sites for hydroxylation is 1. The molecule has 0 fully saturated rings. The minimum Gasteiger partial charge on any atom is -0.497 e. The van der Waals surface area contributed by atoms with Gasteiger partial charge in [0.2, 0.25) is 0 Å². The van der Waals surface area contributed by atoms with Crippen LogP contribution in [0.25, 0.3) is 33.1 Å². The summed E-state index contributed by atoms with van der Waals surface area (Å²) in [6.45, 7) is 2.76. The molecule has 1 atom stereocenters. The van der Waals surface area contributed by atoms with Crippen LogP contribution in [0.2, 0.25) is 0 Å². The van der Waals surface area contributed by atoms with E-state index in [1.807, 2.05) is 54.6 Å². The Bertz CT molecular complexity index is 1610. The number of carbonyl (C=O) groups is 1. The van der Waals surface area contributed by atoms with Crippen LogP contribution in [0.15, 0.2) is 79.0 Å². The summed E-state index contributed by atoms with van der Waals surface area (Å²) in [6, 6.07) is 22.6. The Kier molecular flexibility index (Phi) is 7.29. The fourth-order valence-electron chi connectivity index (χ4n) is 4.89. The molecule has 0 saturated carbocycles. The van der Waals surface area contributed by atoms with Crippen molar-refractivity contribution >= 4 is 27.7 Å². The van der Waals surface area contributed by atoms with Crippen LogP contribution in [0.5, 0.6) is 11.5 Å². The van der Waals surface area contributed by atoms with E-state index in [1.54, 1.807) is 20.3 Å². The van der Waals surface area contributed by atoms with E-state index in [0.29, 0.717) is 40.1 Å². The fourth-order valence-corrected chi connectivity index (χ4v) is 4.89. The third-order valence-electron chi connectivity index (χ3n) is 6.86. The van der Waals surface area contributed by atoms with E-state index in [9.17, 15) is 9.90 Å². The van der Waals surface area contributed by atoms with Crippen molar-refractivity contribution in [3.63, 3.8) is 0 Å². The molecule has 5 rings (SSSR count). The molecule has 194 valence electrons. The van der Waals surface area contributed by atoms with Gasteiger partial charge in [0.05, 0.1) is 43.6 Å². The number of nitrogens with zero attached hydrogens (tertiary/aromatic N) is 2. The minimum absolute atomic E-state index is 0.188. The van der Waals surface area contributed by atoms with Gasteiger partial charge in [-0.3, -0.25) is 4.79 Å². The van der Waals surface area contributed by atoms with Crippen molar-refractivity contribution in [1.29, 1.82) is 0 Å². The first-order chi connectivity index (χ1) is 18.5. The van der Waals surface area contributed by atoms with E-state index >= 15 is 0 Å². The number of aliphatic hydroxyl groups excluding tert-OH is 1. The Labute approximate surface area is 221 Å². The molecule has 0 aliphatic carbocycles. The highest BCUT2D eigenvalue weighted by molar-refractivity contribution is 6.07. The molecule has 0 radical (unpaired) electrons. The van der Waals surface area contributed by atoms with Gasteiger partial charge in [0.25, 0.3) is 5.91 Å². The monoisotopic (exact) mass is 509 g/mol. The Morgan fingerprint density at radius 1 is 0.974 bits per heavy atom. The Hall–Kier alpha value is -4.36. The molecule has 5 aromatic rings. The summed E-state index contributed by atoms with van der Waals surface area (Å²) in [7, 11) is 3.21. The van der Waals surface area contributed by atoms with Crippen LogP contribution in [0.4, 0.5) is 0 Å². The molecule has 0 aliphatic heterocycles. The predicted octanol–water partition coefficient (Wildman–Crippen LogP) is 5.23. The Morgan fingerprint density at radius 2 is 1.76 bits per heavy atom. The molecule has 0 bridgehead atoms. The number of amides is 1. The maximum absolute atomic E-state index is 13.7. The van der Waals surface area contributed by atoms with E-state index in [4.69, 9.17) is 14.5 Å². The van der Waals surface area contributed by atoms with Crippen LogP contribution in [0, 0.1) is 0 Å². The van der Waals surface area contributed by atoms with Crippen molar-refractivity contribution in [3.05, 3.63) is 90.1 Å². The topological polar surface area (TPSA) is 85.6 Å². The number of aliphatic hydroxyl groups is 1. The van der Waals surface area contributed by atoms with E-state index in [1.165, 1.54) is 0 Å². The summed E-state index contributed by atoms with van der Waals surface area (Å²) in [5, 5.41) is 15.1. The van der Waals surface area contributed by atoms with Gasteiger partial charge in [0.15, 0.2) is 0 Å². The van der Waals surface area contributed by atoms with E-state index in [2.05, 4.69) is 35.1 Å². The second-order valence-electron chi connectivity index (χ2n) is 9.18. The number of hydrogen-bond donors (Lipinski definition) is 2. The molecule has 38 heavy (non-hydrogen) atoms. The maximum atomic E-state index is 13.7. The summed E-state index contributed by atoms with van der Waals surface area (Å²) in [6.07, 6.45) is 2.61. The van der Waals surface area contributed by atoms with Crippen molar-refractivity contribution in [3.8, 4) is 22.8 Å². The van der Waals surface area contributed by atoms with Crippen molar-refractivity contribution in [2.24, 2.45) is 0 Å². The number of pyridine rings is 1. The Morgan fingerprint density at radius 3 is 2.53 bits per heavy atom. The number of methoxy groups -OCH3 is 2. The van der Waals surface area contributed by atoms with Gasteiger partial charge in [0.1, 0.15) is 11.5 Å². The number of aromatic nitrogens is 2. The molecule has 1 unspecified atom stereocenters. The van der Waals surface area contributed by atoms with Crippen LogP contribution >= 0.6 is 0 Å². The maximum Gasteiger partial charge on any atom is 0.252 e. The molecule has 0 spiro atoms. The highest BCUT2D eigenvalue weighted by Crippen LogP contribution is 2.30. The highest BCUT2D eigenvalue weighted by Gasteiger charge is 2.20. The number of fused-ring (bicyclic) bond motifs is 2. The lowest BCUT2D eigenvalue weighted by Gasteiger charge is -2.18. The van der Waals surface area contributed by atoms with Gasteiger partial charge in [0, 0.05) is 34.6 Å². The number of ether oxygens (including phenoxy) is 2. The fraction of sp³-hybridized carbons (Fsp3) is 0.226. The lowest BCUT2D eigenvalue weighted by atomic mass is 10.0. The van der Waals surface area contributed by atoms with Crippen LogP contribution in [-0.4, -0.2) is 47.4 Å². The predicted molar refractivity (Wildman–Crippen MR) is 150 cm³/mol. The quantitative estimate of drug-likeness (QED) is 0.284. The molecule has 7 heteroatoms. The average Bonchev–Trinajstić information content (AvgIpc) is 3.33. The second kappa shape index (κ2) is 10.9. The van der Waals surface area contributed by atoms with Crippen molar-refractivity contribution in [1.82, 2.24) is 14.9 Å². The number of hydrogen-bond acceptors (Lipinski definition) is 5. The van der Waals surface area contributed by atoms with Crippen LogP contribution in [-0.2, 0) is 13.0 Å². The molecular weight excluding hydrogens is 478 g/mol. The van der Waals surface area contributed by atoms with Gasteiger partial charge >= 0.3 is 0 Å². The number of carbonyl (C=O) groups excluding carboxylic acids is 1. The van der Waals surface area contributed by atoms with E-state index < -0.39 is 6.04 Å². The van der Waals surface area contributed by atoms with Crippen molar-refractivity contribution < 1.29 is 19.4 Å². The number of nitrogens with one attached hydrogen (secondary N) is 1. The average molecular weight is 510 g/mol. The third-order valence-corrected chi connectivity index (χ3v) is 6.86. The van der Waals surface area contributed by atoms with Crippen molar-refractivity contribution in [2.45, 2.75) is 25.9 Å². The number of benzene rings is 3. The molecule has 2 heterocycles. The third kappa shape index (κ3) is 4.93. The number of rotatable bonds is 9. The first kappa shape index (κ1) is 25.3. The number of para-hydroxylation sites is 1. The first-order valence-electron chi connectivity index (χ1n) is 12.7. The van der Waals surface area contributed by atoms with Gasteiger partial charge < -0.3 is 24.5 Å².